The summed E-state index contributed by atoms with van der Waals surface area (Å²) in [6, 6.07) is 15.8. The first-order chi connectivity index (χ1) is 13.2. The maximum atomic E-state index is 12.5. The van der Waals surface area contributed by atoms with Crippen LogP contribution in [0.5, 0.6) is 0 Å². The van der Waals surface area contributed by atoms with E-state index in [9.17, 15) is 14.4 Å². The fraction of sp³-hybridized carbons (Fsp3) is 0.261. The Labute approximate surface area is 165 Å². The molecule has 0 aliphatic heterocycles. The number of hydrogen-bond acceptors (Lipinski definition) is 4. The SMILES string of the molecule is CC(OC(=O)/C=C/c1ccccc1)C(=O)c1ccc(NC(=O)C(C)(C)C)cc1. The summed E-state index contributed by atoms with van der Waals surface area (Å²) >= 11 is 0. The molecule has 0 aliphatic carbocycles. The van der Waals surface area contributed by atoms with Crippen LogP contribution < -0.4 is 5.32 Å². The van der Waals surface area contributed by atoms with Crippen molar-refractivity contribution in [1.82, 2.24) is 0 Å². The van der Waals surface area contributed by atoms with E-state index in [0.29, 0.717) is 11.3 Å². The van der Waals surface area contributed by atoms with Gasteiger partial charge < -0.3 is 10.1 Å². The Morgan fingerprint density at radius 3 is 2.14 bits per heavy atom. The maximum Gasteiger partial charge on any atom is 0.331 e. The molecular formula is C23H25NO4. The molecule has 0 radical (unpaired) electrons. The third-order valence-corrected chi connectivity index (χ3v) is 3.98. The van der Waals surface area contributed by atoms with Gasteiger partial charge in [0.25, 0.3) is 0 Å². The number of amides is 1. The number of benzene rings is 2. The van der Waals surface area contributed by atoms with Crippen LogP contribution in [0.3, 0.4) is 0 Å². The van der Waals surface area contributed by atoms with Crippen molar-refractivity contribution in [2.24, 2.45) is 5.41 Å². The van der Waals surface area contributed by atoms with E-state index in [1.54, 1.807) is 30.3 Å². The largest absolute Gasteiger partial charge is 0.451 e. The lowest BCUT2D eigenvalue weighted by atomic mass is 9.95. The number of hydrogen-bond donors (Lipinski definition) is 1. The summed E-state index contributed by atoms with van der Waals surface area (Å²) < 4.78 is 5.18. The molecule has 28 heavy (non-hydrogen) atoms. The summed E-state index contributed by atoms with van der Waals surface area (Å²) in [7, 11) is 0. The molecule has 146 valence electrons. The Hall–Kier alpha value is -3.21. The molecule has 5 nitrogen and oxygen atoms in total. The van der Waals surface area contributed by atoms with Crippen molar-refractivity contribution in [2.45, 2.75) is 33.8 Å². The fourth-order valence-corrected chi connectivity index (χ4v) is 2.27. The van der Waals surface area contributed by atoms with Gasteiger partial charge in [-0.15, -0.1) is 0 Å². The van der Waals surface area contributed by atoms with E-state index in [1.807, 2.05) is 51.1 Å². The topological polar surface area (TPSA) is 72.5 Å². The van der Waals surface area contributed by atoms with Crippen molar-refractivity contribution < 1.29 is 19.1 Å². The molecule has 1 amide bonds. The van der Waals surface area contributed by atoms with Crippen molar-refractivity contribution in [3.05, 3.63) is 71.8 Å². The van der Waals surface area contributed by atoms with E-state index in [4.69, 9.17) is 4.74 Å². The quantitative estimate of drug-likeness (QED) is 0.456. The molecular weight excluding hydrogens is 354 g/mol. The minimum Gasteiger partial charge on any atom is -0.451 e. The highest BCUT2D eigenvalue weighted by molar-refractivity contribution is 6.01. The molecule has 2 aromatic carbocycles. The van der Waals surface area contributed by atoms with Gasteiger partial charge in [-0.1, -0.05) is 51.1 Å². The van der Waals surface area contributed by atoms with E-state index < -0.39 is 17.5 Å². The number of esters is 1. The lowest BCUT2D eigenvalue weighted by molar-refractivity contribution is -0.140. The van der Waals surface area contributed by atoms with Crippen molar-refractivity contribution >= 4 is 29.4 Å². The van der Waals surface area contributed by atoms with Gasteiger partial charge in [-0.3, -0.25) is 9.59 Å². The van der Waals surface area contributed by atoms with Gasteiger partial charge in [0.05, 0.1) is 0 Å². The van der Waals surface area contributed by atoms with Gasteiger partial charge in [0, 0.05) is 22.7 Å². The van der Waals surface area contributed by atoms with Gasteiger partial charge in [0.15, 0.2) is 6.10 Å². The summed E-state index contributed by atoms with van der Waals surface area (Å²) in [6.45, 7) is 7.00. The maximum absolute atomic E-state index is 12.5. The van der Waals surface area contributed by atoms with Crippen LogP contribution in [0.25, 0.3) is 6.08 Å². The monoisotopic (exact) mass is 379 g/mol. The number of ketones is 1. The third-order valence-electron chi connectivity index (χ3n) is 3.98. The molecule has 1 unspecified atom stereocenters. The number of nitrogens with one attached hydrogen (secondary N) is 1. The molecule has 5 heteroatoms. The van der Waals surface area contributed by atoms with Crippen molar-refractivity contribution in [3.8, 4) is 0 Å². The molecule has 0 saturated carbocycles. The zero-order chi connectivity index (χ0) is 20.7. The van der Waals surface area contributed by atoms with Crippen molar-refractivity contribution in [3.63, 3.8) is 0 Å². The Morgan fingerprint density at radius 1 is 0.964 bits per heavy atom. The molecule has 2 rings (SSSR count). The number of rotatable bonds is 6. The summed E-state index contributed by atoms with van der Waals surface area (Å²) in [5.41, 5.74) is 1.36. The molecule has 0 bridgehead atoms. The highest BCUT2D eigenvalue weighted by Gasteiger charge is 2.22. The Balaban J connectivity index is 1.94. The average Bonchev–Trinajstić information content (AvgIpc) is 2.66. The van der Waals surface area contributed by atoms with Crippen LogP contribution >= 0.6 is 0 Å². The first kappa shape index (κ1) is 21.1. The molecule has 0 aliphatic rings. The number of Topliss-reactive ketones (excluding diaryl/α,β-unsaturated/α-hetero) is 1. The standard InChI is InChI=1S/C23H25NO4/c1-16(28-20(25)15-10-17-8-6-5-7-9-17)21(26)18-11-13-19(14-12-18)24-22(27)23(2,3)4/h5-16H,1-4H3,(H,24,27)/b15-10+. The second-order valence-corrected chi connectivity index (χ2v) is 7.47. The first-order valence-electron chi connectivity index (χ1n) is 9.06. The highest BCUT2D eigenvalue weighted by Crippen LogP contribution is 2.18. The van der Waals surface area contributed by atoms with Crippen LogP contribution in [0.4, 0.5) is 5.69 Å². The Morgan fingerprint density at radius 2 is 1.57 bits per heavy atom. The van der Waals surface area contributed by atoms with Crippen LogP contribution in [-0.2, 0) is 14.3 Å². The summed E-state index contributed by atoms with van der Waals surface area (Å²) in [4.78, 5) is 36.4. The van der Waals surface area contributed by atoms with Gasteiger partial charge in [-0.2, -0.15) is 0 Å². The van der Waals surface area contributed by atoms with E-state index >= 15 is 0 Å². The van der Waals surface area contributed by atoms with Gasteiger partial charge in [0.1, 0.15) is 0 Å². The minimum absolute atomic E-state index is 0.112. The molecule has 0 spiro atoms. The lowest BCUT2D eigenvalue weighted by Crippen LogP contribution is -2.27. The second kappa shape index (κ2) is 9.13. The molecule has 0 saturated heterocycles. The third kappa shape index (κ3) is 6.20. The smallest absolute Gasteiger partial charge is 0.331 e. The van der Waals surface area contributed by atoms with E-state index in [2.05, 4.69) is 5.32 Å². The zero-order valence-corrected chi connectivity index (χ0v) is 16.6. The molecule has 1 atom stereocenters. The van der Waals surface area contributed by atoms with Crippen LogP contribution in [0, 0.1) is 5.41 Å². The van der Waals surface area contributed by atoms with Crippen LogP contribution in [0.1, 0.15) is 43.6 Å². The second-order valence-electron chi connectivity index (χ2n) is 7.47. The van der Waals surface area contributed by atoms with Gasteiger partial charge in [0.2, 0.25) is 11.7 Å². The van der Waals surface area contributed by atoms with Gasteiger partial charge >= 0.3 is 5.97 Å². The number of anilines is 1. The molecule has 0 heterocycles. The van der Waals surface area contributed by atoms with Crippen LogP contribution in [0.2, 0.25) is 0 Å². The van der Waals surface area contributed by atoms with Crippen LogP contribution in [0.15, 0.2) is 60.7 Å². The average molecular weight is 379 g/mol. The predicted octanol–water partition coefficient (Wildman–Crippen LogP) is 4.50. The van der Waals surface area contributed by atoms with Crippen LogP contribution in [-0.4, -0.2) is 23.8 Å². The number of carbonyl (C=O) groups excluding carboxylic acids is 3. The summed E-state index contributed by atoms with van der Waals surface area (Å²) in [5.74, 6) is -1.01. The lowest BCUT2D eigenvalue weighted by Gasteiger charge is -2.18. The first-order valence-corrected chi connectivity index (χ1v) is 9.06. The zero-order valence-electron chi connectivity index (χ0n) is 16.6. The molecule has 0 fully saturated rings. The molecule has 1 N–H and O–H groups in total. The minimum atomic E-state index is -0.914. The van der Waals surface area contributed by atoms with Gasteiger partial charge in [-0.25, -0.2) is 4.79 Å². The fourth-order valence-electron chi connectivity index (χ4n) is 2.27. The van der Waals surface area contributed by atoms with Gasteiger partial charge in [-0.05, 0) is 42.8 Å². The predicted molar refractivity (Wildman–Crippen MR) is 110 cm³/mol. The Kier molecular flexibility index (Phi) is 6.88. The summed E-state index contributed by atoms with van der Waals surface area (Å²) in [5, 5.41) is 2.80. The van der Waals surface area contributed by atoms with Crippen molar-refractivity contribution in [1.29, 1.82) is 0 Å². The number of ether oxygens (including phenoxy) is 1. The highest BCUT2D eigenvalue weighted by atomic mass is 16.5. The van der Waals surface area contributed by atoms with Crippen molar-refractivity contribution in [2.75, 3.05) is 5.32 Å². The van der Waals surface area contributed by atoms with E-state index in [0.717, 1.165) is 5.56 Å². The normalized spacial score (nSPS) is 12.4. The molecule has 0 aromatic heterocycles. The molecule has 2 aromatic rings. The Bertz CT molecular complexity index is 862. The summed E-state index contributed by atoms with van der Waals surface area (Å²) in [6.07, 6.45) is 2.01. The van der Waals surface area contributed by atoms with E-state index in [-0.39, 0.29) is 11.7 Å². The van der Waals surface area contributed by atoms with E-state index in [1.165, 1.54) is 13.0 Å². The number of carbonyl (C=O) groups is 3.